The molecular formula is C31H32N4O3. The number of ketones is 1. The van der Waals surface area contributed by atoms with Crippen LogP contribution < -0.4 is 10.3 Å². The van der Waals surface area contributed by atoms with Crippen molar-refractivity contribution in [3.8, 4) is 23.2 Å². The Morgan fingerprint density at radius 1 is 1.03 bits per heavy atom. The van der Waals surface area contributed by atoms with Crippen LogP contribution in [0.1, 0.15) is 52.8 Å². The van der Waals surface area contributed by atoms with E-state index >= 15 is 0 Å². The fourth-order valence-electron chi connectivity index (χ4n) is 4.60. The third-order valence-corrected chi connectivity index (χ3v) is 6.75. The minimum Gasteiger partial charge on any atom is -0.494 e. The summed E-state index contributed by atoms with van der Waals surface area (Å²) in [5, 5.41) is 9.83. The van der Waals surface area contributed by atoms with E-state index in [2.05, 4.69) is 13.0 Å². The number of hydrogen-bond acceptors (Lipinski definition) is 4. The predicted octanol–water partition coefficient (Wildman–Crippen LogP) is 5.86. The summed E-state index contributed by atoms with van der Waals surface area (Å²) in [5.74, 6) is 0.371. The van der Waals surface area contributed by atoms with Crippen LogP contribution in [0, 0.1) is 32.1 Å². The molecule has 0 unspecified atom stereocenters. The summed E-state index contributed by atoms with van der Waals surface area (Å²) < 4.78 is 10.9. The maximum atomic E-state index is 13.6. The van der Waals surface area contributed by atoms with Gasteiger partial charge in [-0.15, -0.1) is 0 Å². The topological polar surface area (TPSA) is 81.9 Å². The second kappa shape index (κ2) is 11.2. The highest BCUT2D eigenvalue weighted by Crippen LogP contribution is 2.25. The molecule has 4 rings (SSSR count). The molecule has 7 heteroatoms. The van der Waals surface area contributed by atoms with Crippen molar-refractivity contribution in [1.29, 1.82) is 5.26 Å². The molecule has 2 heterocycles. The van der Waals surface area contributed by atoms with E-state index in [0.717, 1.165) is 41.2 Å². The second-order valence-corrected chi connectivity index (χ2v) is 9.30. The summed E-state index contributed by atoms with van der Waals surface area (Å²) in [4.78, 5) is 27.1. The quantitative estimate of drug-likeness (QED) is 0.123. The molecule has 0 aliphatic carbocycles. The first kappa shape index (κ1) is 26.5. The van der Waals surface area contributed by atoms with Gasteiger partial charge in [0.25, 0.3) is 5.56 Å². The molecule has 0 saturated carbocycles. The minimum atomic E-state index is -0.382. The summed E-state index contributed by atoms with van der Waals surface area (Å²) in [7, 11) is 1.84. The lowest BCUT2D eigenvalue weighted by Crippen LogP contribution is -2.22. The number of hydrogen-bond donors (Lipinski definition) is 0. The van der Waals surface area contributed by atoms with Crippen LogP contribution in [0.15, 0.2) is 71.0 Å². The van der Waals surface area contributed by atoms with Crippen LogP contribution in [0.2, 0.25) is 0 Å². The Hall–Kier alpha value is -4.57. The Kier molecular flexibility index (Phi) is 7.82. The number of rotatable bonds is 9. The average molecular weight is 509 g/mol. The van der Waals surface area contributed by atoms with Gasteiger partial charge >= 0.3 is 0 Å². The van der Waals surface area contributed by atoms with Gasteiger partial charge < -0.3 is 9.30 Å². The van der Waals surface area contributed by atoms with Gasteiger partial charge in [-0.1, -0.05) is 43.7 Å². The van der Waals surface area contributed by atoms with Crippen molar-refractivity contribution in [3.05, 3.63) is 105 Å². The van der Waals surface area contributed by atoms with Crippen molar-refractivity contribution < 1.29 is 9.53 Å². The maximum absolute atomic E-state index is 13.6. The lowest BCUT2D eigenvalue weighted by Gasteiger charge is -2.08. The Balaban J connectivity index is 1.70. The third-order valence-electron chi connectivity index (χ3n) is 6.75. The van der Waals surface area contributed by atoms with Crippen molar-refractivity contribution in [2.24, 2.45) is 7.05 Å². The van der Waals surface area contributed by atoms with Crippen LogP contribution >= 0.6 is 0 Å². The van der Waals surface area contributed by atoms with E-state index in [-0.39, 0.29) is 16.9 Å². The van der Waals surface area contributed by atoms with Gasteiger partial charge in [0.1, 0.15) is 23.1 Å². The number of allylic oxidation sites excluding steroid dienone is 1. The van der Waals surface area contributed by atoms with Crippen LogP contribution in [0.4, 0.5) is 0 Å². The standard InChI is InChI=1S/C31H32N4O3/c1-6-7-17-38-27-15-13-24(14-16-27)19-25(20-32)30(36)28-18-21(2)34(22(28)3)29-23(4)33(5)35(31(29)37)26-11-9-8-10-12-26/h8-16,18-19H,6-7,17H2,1-5H3/b25-19+. The number of ether oxygens (including phenoxy) is 1. The number of Topliss-reactive ketones (excluding diaryl/α,β-unsaturated/α-hetero) is 1. The number of unbranched alkanes of at least 4 members (excludes halogenated alkanes) is 1. The lowest BCUT2D eigenvalue weighted by atomic mass is 10.0. The van der Waals surface area contributed by atoms with Crippen molar-refractivity contribution in [2.45, 2.75) is 40.5 Å². The molecule has 0 spiro atoms. The third kappa shape index (κ3) is 4.98. The summed E-state index contributed by atoms with van der Waals surface area (Å²) in [6.45, 7) is 8.30. The van der Waals surface area contributed by atoms with E-state index in [1.807, 2.05) is 84.7 Å². The van der Waals surface area contributed by atoms with Crippen LogP contribution in [-0.4, -0.2) is 26.3 Å². The van der Waals surface area contributed by atoms with Gasteiger partial charge in [0.2, 0.25) is 5.78 Å². The molecule has 0 atom stereocenters. The first-order valence-electron chi connectivity index (χ1n) is 12.7. The highest BCUT2D eigenvalue weighted by molar-refractivity contribution is 6.14. The number of aryl methyl sites for hydroxylation is 1. The van der Waals surface area contributed by atoms with Crippen LogP contribution in [-0.2, 0) is 7.05 Å². The van der Waals surface area contributed by atoms with Crippen molar-refractivity contribution in [1.82, 2.24) is 13.9 Å². The lowest BCUT2D eigenvalue weighted by molar-refractivity contribution is 0.103. The van der Waals surface area contributed by atoms with Gasteiger partial charge in [-0.05, 0) is 69.2 Å². The fraction of sp³-hybridized carbons (Fsp3) is 0.258. The van der Waals surface area contributed by atoms with Gasteiger partial charge in [-0.2, -0.15) is 5.26 Å². The number of carbonyl (C=O) groups is 1. The Morgan fingerprint density at radius 3 is 2.34 bits per heavy atom. The molecule has 0 saturated heterocycles. The molecule has 38 heavy (non-hydrogen) atoms. The number of aromatic nitrogens is 3. The molecule has 0 fully saturated rings. The Morgan fingerprint density at radius 2 is 1.71 bits per heavy atom. The number of nitrogens with zero attached hydrogens (tertiary/aromatic N) is 4. The second-order valence-electron chi connectivity index (χ2n) is 9.30. The molecule has 4 aromatic rings. The SMILES string of the molecule is CCCCOc1ccc(/C=C(\C#N)C(=O)c2cc(C)n(-c3c(C)n(C)n(-c4ccccc4)c3=O)c2C)cc1. The van der Waals surface area contributed by atoms with Gasteiger partial charge in [0, 0.05) is 24.0 Å². The smallest absolute Gasteiger partial charge is 0.295 e. The highest BCUT2D eigenvalue weighted by Gasteiger charge is 2.25. The zero-order chi connectivity index (χ0) is 27.4. The van der Waals surface area contributed by atoms with E-state index in [9.17, 15) is 14.9 Å². The first-order chi connectivity index (χ1) is 18.3. The molecule has 0 N–H and O–H groups in total. The minimum absolute atomic E-state index is 0.0244. The Labute approximate surface area is 222 Å². The summed E-state index contributed by atoms with van der Waals surface area (Å²) in [5.41, 5.74) is 4.31. The zero-order valence-corrected chi connectivity index (χ0v) is 22.5. The van der Waals surface area contributed by atoms with E-state index in [4.69, 9.17) is 4.74 Å². The monoisotopic (exact) mass is 508 g/mol. The van der Waals surface area contributed by atoms with Gasteiger partial charge in [0.15, 0.2) is 0 Å². The van der Waals surface area contributed by atoms with Gasteiger partial charge in [0.05, 0.1) is 18.0 Å². The average Bonchev–Trinajstić information content (AvgIpc) is 3.33. The summed E-state index contributed by atoms with van der Waals surface area (Å²) in [6, 6.07) is 20.6. The zero-order valence-electron chi connectivity index (χ0n) is 22.5. The normalized spacial score (nSPS) is 11.4. The van der Waals surface area contributed by atoms with Gasteiger partial charge in [-0.25, -0.2) is 4.68 Å². The van der Waals surface area contributed by atoms with E-state index < -0.39 is 0 Å². The molecule has 194 valence electrons. The van der Waals surface area contributed by atoms with Crippen LogP contribution in [0.3, 0.4) is 0 Å². The van der Waals surface area contributed by atoms with E-state index in [1.54, 1.807) is 23.7 Å². The fourth-order valence-corrected chi connectivity index (χ4v) is 4.60. The number of nitriles is 1. The molecule has 7 nitrogen and oxygen atoms in total. The van der Waals surface area contributed by atoms with Crippen LogP contribution in [0.25, 0.3) is 17.5 Å². The number of para-hydroxylation sites is 1. The highest BCUT2D eigenvalue weighted by atomic mass is 16.5. The maximum Gasteiger partial charge on any atom is 0.295 e. The molecule has 0 bridgehead atoms. The Bertz CT molecular complexity index is 1590. The number of carbonyl (C=O) groups excluding carboxylic acids is 1. The molecular weight excluding hydrogens is 476 g/mol. The van der Waals surface area contributed by atoms with Gasteiger partial charge in [-0.3, -0.25) is 14.3 Å². The predicted molar refractivity (Wildman–Crippen MR) is 149 cm³/mol. The van der Waals surface area contributed by atoms with Crippen molar-refractivity contribution in [3.63, 3.8) is 0 Å². The van der Waals surface area contributed by atoms with E-state index in [0.29, 0.717) is 23.6 Å². The van der Waals surface area contributed by atoms with Crippen LogP contribution in [0.5, 0.6) is 5.75 Å². The summed E-state index contributed by atoms with van der Waals surface area (Å²) in [6.07, 6.45) is 3.62. The molecule has 0 radical (unpaired) electrons. The first-order valence-corrected chi connectivity index (χ1v) is 12.7. The molecule has 2 aromatic heterocycles. The molecule has 2 aromatic carbocycles. The molecule has 0 aliphatic rings. The van der Waals surface area contributed by atoms with Crippen molar-refractivity contribution >= 4 is 11.9 Å². The van der Waals surface area contributed by atoms with Crippen molar-refractivity contribution in [2.75, 3.05) is 6.61 Å². The molecule has 0 amide bonds. The molecule has 0 aliphatic heterocycles. The largest absolute Gasteiger partial charge is 0.494 e. The summed E-state index contributed by atoms with van der Waals surface area (Å²) >= 11 is 0. The number of benzene rings is 2. The van der Waals surface area contributed by atoms with E-state index in [1.165, 1.54) is 0 Å².